The molecule has 112 valence electrons. The van der Waals surface area contributed by atoms with Crippen LogP contribution in [0.1, 0.15) is 38.9 Å². The Morgan fingerprint density at radius 3 is 2.65 bits per heavy atom. The van der Waals surface area contributed by atoms with Gasteiger partial charge in [0.05, 0.1) is 17.6 Å². The Bertz CT molecular complexity index is 399. The van der Waals surface area contributed by atoms with E-state index >= 15 is 0 Å². The third kappa shape index (κ3) is 3.30. The van der Waals surface area contributed by atoms with Crippen LogP contribution in [0.2, 0.25) is 0 Å². The van der Waals surface area contributed by atoms with Gasteiger partial charge in [0.2, 0.25) is 0 Å². The summed E-state index contributed by atoms with van der Waals surface area (Å²) in [6.45, 7) is 11.2. The summed E-state index contributed by atoms with van der Waals surface area (Å²) < 4.78 is 0. The fourth-order valence-corrected chi connectivity index (χ4v) is 3.05. The highest BCUT2D eigenvalue weighted by atomic mass is 15.3. The molecule has 2 heterocycles. The quantitative estimate of drug-likeness (QED) is 0.894. The number of rotatable bonds is 5. The normalized spacial score (nSPS) is 22.0. The minimum absolute atomic E-state index is 0.361. The van der Waals surface area contributed by atoms with Crippen molar-refractivity contribution in [2.24, 2.45) is 0 Å². The number of pyridine rings is 1. The van der Waals surface area contributed by atoms with Gasteiger partial charge in [0.1, 0.15) is 0 Å². The van der Waals surface area contributed by atoms with Crippen molar-refractivity contribution in [2.75, 3.05) is 38.1 Å². The largest absolute Gasteiger partial charge is 0.367 e. The number of aromatic nitrogens is 1. The zero-order valence-corrected chi connectivity index (χ0v) is 13.3. The molecule has 1 N–H and O–H groups in total. The van der Waals surface area contributed by atoms with Crippen LogP contribution in [-0.4, -0.2) is 49.2 Å². The lowest BCUT2D eigenvalue weighted by Crippen LogP contribution is -2.51. The Kier molecular flexibility index (Phi) is 5.38. The number of piperazine rings is 1. The van der Waals surface area contributed by atoms with E-state index in [-0.39, 0.29) is 0 Å². The molecule has 2 atom stereocenters. The van der Waals surface area contributed by atoms with Gasteiger partial charge < -0.3 is 10.2 Å². The molecule has 1 aliphatic heterocycles. The number of nitrogens with one attached hydrogen (secondary N) is 1. The molecule has 4 heteroatoms. The lowest BCUT2D eigenvalue weighted by molar-refractivity contribution is 0.199. The van der Waals surface area contributed by atoms with Crippen molar-refractivity contribution in [3.63, 3.8) is 0 Å². The van der Waals surface area contributed by atoms with E-state index < -0.39 is 0 Å². The lowest BCUT2D eigenvalue weighted by atomic mass is 10.1. The van der Waals surface area contributed by atoms with E-state index in [2.05, 4.69) is 53.0 Å². The van der Waals surface area contributed by atoms with Crippen LogP contribution in [0.25, 0.3) is 0 Å². The standard InChI is InChI=1S/C16H28N4/c1-5-15(17-4)16-8-7-14(11-18-16)20-10-9-19(6-2)13(3)12-20/h7-8,11,13,15,17H,5-6,9-10,12H2,1-4H3. The van der Waals surface area contributed by atoms with Crippen LogP contribution < -0.4 is 10.2 Å². The first-order chi connectivity index (χ1) is 9.69. The molecule has 2 rings (SSSR count). The van der Waals surface area contributed by atoms with Crippen molar-refractivity contribution < 1.29 is 0 Å². The van der Waals surface area contributed by atoms with E-state index in [1.165, 1.54) is 5.69 Å². The molecule has 1 aromatic rings. The lowest BCUT2D eigenvalue weighted by Gasteiger charge is -2.40. The maximum Gasteiger partial charge on any atom is 0.0574 e. The minimum Gasteiger partial charge on any atom is -0.367 e. The molecule has 20 heavy (non-hydrogen) atoms. The molecule has 4 nitrogen and oxygen atoms in total. The third-order valence-electron chi connectivity index (χ3n) is 4.42. The first kappa shape index (κ1) is 15.3. The highest BCUT2D eigenvalue weighted by molar-refractivity contribution is 5.45. The fourth-order valence-electron chi connectivity index (χ4n) is 3.05. The molecule has 1 aromatic heterocycles. The van der Waals surface area contributed by atoms with Crippen LogP contribution in [0.15, 0.2) is 18.3 Å². The van der Waals surface area contributed by atoms with Crippen LogP contribution in [0.5, 0.6) is 0 Å². The number of hydrogen-bond donors (Lipinski definition) is 1. The molecule has 0 spiro atoms. The van der Waals surface area contributed by atoms with Gasteiger partial charge in [-0.05, 0) is 39.1 Å². The van der Waals surface area contributed by atoms with Crippen molar-refractivity contribution >= 4 is 5.69 Å². The van der Waals surface area contributed by atoms with E-state index in [9.17, 15) is 0 Å². The number of hydrogen-bond acceptors (Lipinski definition) is 4. The maximum absolute atomic E-state index is 4.64. The van der Waals surface area contributed by atoms with Gasteiger partial charge in [0.15, 0.2) is 0 Å². The van der Waals surface area contributed by atoms with Crippen molar-refractivity contribution in [1.82, 2.24) is 15.2 Å². The predicted octanol–water partition coefficient (Wildman–Crippen LogP) is 2.28. The average Bonchev–Trinajstić information content (AvgIpc) is 2.49. The number of likely N-dealkylation sites (N-methyl/N-ethyl adjacent to an activating group) is 1. The first-order valence-corrected chi connectivity index (χ1v) is 7.81. The van der Waals surface area contributed by atoms with Gasteiger partial charge in [-0.1, -0.05) is 13.8 Å². The Labute approximate surface area is 123 Å². The average molecular weight is 276 g/mol. The van der Waals surface area contributed by atoms with Crippen molar-refractivity contribution in [3.05, 3.63) is 24.0 Å². The first-order valence-electron chi connectivity index (χ1n) is 7.81. The van der Waals surface area contributed by atoms with Gasteiger partial charge in [-0.15, -0.1) is 0 Å². The topological polar surface area (TPSA) is 31.4 Å². The van der Waals surface area contributed by atoms with Gasteiger partial charge >= 0.3 is 0 Å². The molecule has 1 aliphatic rings. The summed E-state index contributed by atoms with van der Waals surface area (Å²) in [5, 5.41) is 3.30. The zero-order chi connectivity index (χ0) is 14.5. The van der Waals surface area contributed by atoms with Crippen molar-refractivity contribution in [3.8, 4) is 0 Å². The summed E-state index contributed by atoms with van der Waals surface area (Å²) in [7, 11) is 2.00. The highest BCUT2D eigenvalue weighted by Gasteiger charge is 2.22. The molecule has 0 aromatic carbocycles. The van der Waals surface area contributed by atoms with Crippen molar-refractivity contribution in [1.29, 1.82) is 0 Å². The van der Waals surface area contributed by atoms with E-state index in [4.69, 9.17) is 0 Å². The second kappa shape index (κ2) is 7.04. The predicted molar refractivity (Wildman–Crippen MR) is 85.3 cm³/mol. The third-order valence-corrected chi connectivity index (χ3v) is 4.42. The molecule has 0 saturated carbocycles. The molecule has 0 radical (unpaired) electrons. The second-order valence-electron chi connectivity index (χ2n) is 5.61. The minimum atomic E-state index is 0.361. The summed E-state index contributed by atoms with van der Waals surface area (Å²) in [6, 6.07) is 5.36. The molecule has 2 unspecified atom stereocenters. The van der Waals surface area contributed by atoms with Crippen LogP contribution in [0.4, 0.5) is 5.69 Å². The monoisotopic (exact) mass is 276 g/mol. The Morgan fingerprint density at radius 2 is 2.15 bits per heavy atom. The number of anilines is 1. The summed E-state index contributed by atoms with van der Waals surface area (Å²) >= 11 is 0. The zero-order valence-electron chi connectivity index (χ0n) is 13.3. The Hall–Kier alpha value is -1.13. The van der Waals surface area contributed by atoms with Crippen LogP contribution in [0.3, 0.4) is 0 Å². The van der Waals surface area contributed by atoms with Gasteiger partial charge in [-0.25, -0.2) is 0 Å². The molecule has 1 fully saturated rings. The smallest absolute Gasteiger partial charge is 0.0574 e. The maximum atomic E-state index is 4.64. The SMILES string of the molecule is CCC(NC)c1ccc(N2CCN(CC)C(C)C2)cn1. The second-order valence-corrected chi connectivity index (χ2v) is 5.61. The summed E-state index contributed by atoms with van der Waals surface area (Å²) in [5.41, 5.74) is 2.39. The van der Waals surface area contributed by atoms with Crippen molar-refractivity contribution in [2.45, 2.75) is 39.3 Å². The van der Waals surface area contributed by atoms with Crippen LogP contribution in [0, 0.1) is 0 Å². The Balaban J connectivity index is 2.03. The van der Waals surface area contributed by atoms with Gasteiger partial charge in [-0.2, -0.15) is 0 Å². The summed E-state index contributed by atoms with van der Waals surface area (Å²) in [4.78, 5) is 9.63. The highest BCUT2D eigenvalue weighted by Crippen LogP contribution is 2.21. The summed E-state index contributed by atoms with van der Waals surface area (Å²) in [5.74, 6) is 0. The van der Waals surface area contributed by atoms with Gasteiger partial charge in [-0.3, -0.25) is 9.88 Å². The van der Waals surface area contributed by atoms with E-state index in [0.717, 1.165) is 38.3 Å². The molecular formula is C16H28N4. The van der Waals surface area contributed by atoms with Crippen LogP contribution >= 0.6 is 0 Å². The fraction of sp³-hybridized carbons (Fsp3) is 0.688. The van der Waals surface area contributed by atoms with Crippen LogP contribution in [-0.2, 0) is 0 Å². The van der Waals surface area contributed by atoms with Gasteiger partial charge in [0.25, 0.3) is 0 Å². The summed E-state index contributed by atoms with van der Waals surface area (Å²) in [6.07, 6.45) is 3.10. The van der Waals surface area contributed by atoms with E-state index in [0.29, 0.717) is 12.1 Å². The van der Waals surface area contributed by atoms with E-state index in [1.54, 1.807) is 0 Å². The number of nitrogens with zero attached hydrogens (tertiary/aromatic N) is 3. The van der Waals surface area contributed by atoms with Gasteiger partial charge in [0, 0.05) is 31.7 Å². The molecular weight excluding hydrogens is 248 g/mol. The Morgan fingerprint density at radius 1 is 1.35 bits per heavy atom. The molecule has 0 aliphatic carbocycles. The van der Waals surface area contributed by atoms with E-state index in [1.807, 2.05) is 13.2 Å². The molecule has 0 bridgehead atoms. The molecule has 0 amide bonds. The molecule has 1 saturated heterocycles.